The van der Waals surface area contributed by atoms with Crippen molar-refractivity contribution in [2.24, 2.45) is 5.73 Å². The minimum atomic E-state index is -4.83. The first-order chi connectivity index (χ1) is 7.26. The summed E-state index contributed by atoms with van der Waals surface area (Å²) in [5.41, 5.74) is 5.32. The predicted octanol–water partition coefficient (Wildman–Crippen LogP) is -3.43. The SMILES string of the molecule is N[C@@H]1[C@@H](OS(=O)(=O)O)[C@H](O)[C@@H](CO)O[C@@H]1O. The maximum atomic E-state index is 10.5. The fourth-order valence-electron chi connectivity index (χ4n) is 1.36. The van der Waals surface area contributed by atoms with Crippen molar-refractivity contribution in [3.63, 3.8) is 0 Å². The Morgan fingerprint density at radius 2 is 1.94 bits per heavy atom. The van der Waals surface area contributed by atoms with Crippen molar-refractivity contribution in [3.05, 3.63) is 0 Å². The third kappa shape index (κ3) is 3.09. The molecule has 0 spiro atoms. The highest BCUT2D eigenvalue weighted by Crippen LogP contribution is 2.21. The van der Waals surface area contributed by atoms with E-state index in [1.165, 1.54) is 0 Å². The molecule has 0 unspecified atom stereocenters. The molecule has 1 aliphatic rings. The first-order valence-corrected chi connectivity index (χ1v) is 5.66. The standard InChI is InChI=1S/C6H13NO8S/c7-3-5(15-16(11,12)13)4(9)2(1-8)14-6(3)10/h2-6,8-10H,1,7H2,(H,11,12,13)/t2-,3-,4-,5-,6+/m1/s1. The summed E-state index contributed by atoms with van der Waals surface area (Å²) >= 11 is 0. The normalized spacial score (nSPS) is 40.9. The molecule has 96 valence electrons. The van der Waals surface area contributed by atoms with Gasteiger partial charge in [0.2, 0.25) is 0 Å². The minimum Gasteiger partial charge on any atom is -0.394 e. The van der Waals surface area contributed by atoms with Crippen LogP contribution in [0.1, 0.15) is 0 Å². The largest absolute Gasteiger partial charge is 0.397 e. The smallest absolute Gasteiger partial charge is 0.394 e. The average molecular weight is 259 g/mol. The molecule has 5 atom stereocenters. The molecule has 9 nitrogen and oxygen atoms in total. The Morgan fingerprint density at radius 1 is 1.38 bits per heavy atom. The number of ether oxygens (including phenoxy) is 1. The second kappa shape index (κ2) is 4.89. The van der Waals surface area contributed by atoms with Crippen molar-refractivity contribution in [2.75, 3.05) is 6.61 Å². The van der Waals surface area contributed by atoms with Crippen LogP contribution in [-0.4, -0.2) is 65.5 Å². The van der Waals surface area contributed by atoms with E-state index in [1.54, 1.807) is 0 Å². The summed E-state index contributed by atoms with van der Waals surface area (Å²) in [6, 6.07) is -1.38. The van der Waals surface area contributed by atoms with Crippen LogP contribution >= 0.6 is 0 Å². The summed E-state index contributed by atoms with van der Waals surface area (Å²) in [7, 11) is -4.83. The first-order valence-electron chi connectivity index (χ1n) is 4.30. The molecule has 0 radical (unpaired) electrons. The predicted molar refractivity (Wildman–Crippen MR) is 48.4 cm³/mol. The van der Waals surface area contributed by atoms with E-state index in [9.17, 15) is 18.6 Å². The van der Waals surface area contributed by atoms with E-state index in [0.717, 1.165) is 0 Å². The molecule has 0 bridgehead atoms. The number of hydrogen-bond acceptors (Lipinski definition) is 8. The van der Waals surface area contributed by atoms with Gasteiger partial charge in [-0.15, -0.1) is 0 Å². The Hall–Kier alpha value is -0.330. The zero-order valence-electron chi connectivity index (χ0n) is 8.00. The van der Waals surface area contributed by atoms with Gasteiger partial charge >= 0.3 is 10.4 Å². The second-order valence-corrected chi connectivity index (χ2v) is 4.35. The number of aliphatic hydroxyl groups excluding tert-OH is 3. The van der Waals surface area contributed by atoms with Crippen LogP contribution in [0.2, 0.25) is 0 Å². The zero-order valence-corrected chi connectivity index (χ0v) is 8.82. The van der Waals surface area contributed by atoms with Crippen molar-refractivity contribution < 1.29 is 37.2 Å². The third-order valence-electron chi connectivity index (χ3n) is 2.15. The van der Waals surface area contributed by atoms with Crippen LogP contribution in [0, 0.1) is 0 Å². The minimum absolute atomic E-state index is 0.670. The highest BCUT2D eigenvalue weighted by atomic mass is 32.3. The number of nitrogens with two attached hydrogens (primary N) is 1. The number of rotatable bonds is 3. The fraction of sp³-hybridized carbons (Fsp3) is 1.00. The van der Waals surface area contributed by atoms with Crippen LogP contribution in [0.5, 0.6) is 0 Å². The lowest BCUT2D eigenvalue weighted by Gasteiger charge is -2.39. The summed E-state index contributed by atoms with van der Waals surface area (Å²) in [4.78, 5) is 0. The van der Waals surface area contributed by atoms with Crippen LogP contribution in [0.15, 0.2) is 0 Å². The first kappa shape index (κ1) is 13.7. The quantitative estimate of drug-likeness (QED) is 0.325. The average Bonchev–Trinajstić information content (AvgIpc) is 2.17. The summed E-state index contributed by atoms with van der Waals surface area (Å²) in [5, 5.41) is 27.5. The highest BCUT2D eigenvalue weighted by molar-refractivity contribution is 7.80. The molecule has 1 heterocycles. The molecule has 10 heteroatoms. The van der Waals surface area contributed by atoms with Gasteiger partial charge in [-0.2, -0.15) is 8.42 Å². The van der Waals surface area contributed by atoms with Crippen LogP contribution in [-0.2, 0) is 19.3 Å². The van der Waals surface area contributed by atoms with Gasteiger partial charge in [0.05, 0.1) is 12.6 Å². The van der Waals surface area contributed by atoms with E-state index >= 15 is 0 Å². The Morgan fingerprint density at radius 3 is 2.38 bits per heavy atom. The van der Waals surface area contributed by atoms with Crippen molar-refractivity contribution in [2.45, 2.75) is 30.6 Å². The lowest BCUT2D eigenvalue weighted by molar-refractivity contribution is -0.244. The second-order valence-electron chi connectivity index (χ2n) is 3.30. The molecule has 0 aromatic carbocycles. The van der Waals surface area contributed by atoms with Gasteiger partial charge < -0.3 is 25.8 Å². The van der Waals surface area contributed by atoms with Crippen molar-refractivity contribution in [3.8, 4) is 0 Å². The van der Waals surface area contributed by atoms with Gasteiger partial charge in [-0.1, -0.05) is 0 Å². The van der Waals surface area contributed by atoms with Crippen LogP contribution in [0.3, 0.4) is 0 Å². The Kier molecular flexibility index (Phi) is 4.20. The highest BCUT2D eigenvalue weighted by Gasteiger charge is 2.45. The van der Waals surface area contributed by atoms with Gasteiger partial charge in [-0.05, 0) is 0 Å². The van der Waals surface area contributed by atoms with Gasteiger partial charge in [0.1, 0.15) is 18.3 Å². The molecular formula is C6H13NO8S. The number of hydrogen-bond donors (Lipinski definition) is 5. The summed E-state index contributed by atoms with van der Waals surface area (Å²) in [6.07, 6.45) is -6.06. The molecule has 0 amide bonds. The van der Waals surface area contributed by atoms with Crippen LogP contribution < -0.4 is 5.73 Å². The molecule has 1 rings (SSSR count). The Labute approximate surface area is 91.3 Å². The lowest BCUT2D eigenvalue weighted by Crippen LogP contribution is -2.63. The van der Waals surface area contributed by atoms with E-state index in [4.69, 9.17) is 15.4 Å². The molecule has 0 aliphatic carbocycles. The third-order valence-corrected chi connectivity index (χ3v) is 2.62. The van der Waals surface area contributed by atoms with Crippen molar-refractivity contribution in [1.82, 2.24) is 0 Å². The van der Waals surface area contributed by atoms with Gasteiger partial charge in [0.15, 0.2) is 6.29 Å². The molecule has 0 aromatic heterocycles. The molecule has 16 heavy (non-hydrogen) atoms. The molecule has 1 aliphatic heterocycles. The number of aliphatic hydroxyl groups is 3. The van der Waals surface area contributed by atoms with Crippen LogP contribution in [0.25, 0.3) is 0 Å². The van der Waals surface area contributed by atoms with Gasteiger partial charge in [-0.3, -0.25) is 4.55 Å². The summed E-state index contributed by atoms with van der Waals surface area (Å²) in [6.45, 7) is -0.670. The van der Waals surface area contributed by atoms with Crippen molar-refractivity contribution >= 4 is 10.4 Å². The van der Waals surface area contributed by atoms with Gasteiger partial charge in [0, 0.05) is 0 Å². The summed E-state index contributed by atoms with van der Waals surface area (Å²) < 4.78 is 38.2. The van der Waals surface area contributed by atoms with Gasteiger partial charge in [-0.25, -0.2) is 4.18 Å². The maximum Gasteiger partial charge on any atom is 0.397 e. The molecular weight excluding hydrogens is 246 g/mol. The maximum absolute atomic E-state index is 10.5. The van der Waals surface area contributed by atoms with E-state index in [1.807, 2.05) is 0 Å². The Balaban J connectivity index is 2.85. The van der Waals surface area contributed by atoms with E-state index in [0.29, 0.717) is 0 Å². The van der Waals surface area contributed by atoms with E-state index in [2.05, 4.69) is 8.92 Å². The van der Waals surface area contributed by atoms with Crippen LogP contribution in [0.4, 0.5) is 0 Å². The summed E-state index contributed by atoms with van der Waals surface area (Å²) in [5.74, 6) is 0. The molecule has 6 N–H and O–H groups in total. The molecule has 1 saturated heterocycles. The van der Waals surface area contributed by atoms with E-state index < -0.39 is 47.6 Å². The monoisotopic (exact) mass is 259 g/mol. The fourth-order valence-corrected chi connectivity index (χ4v) is 1.89. The van der Waals surface area contributed by atoms with E-state index in [-0.39, 0.29) is 0 Å². The van der Waals surface area contributed by atoms with Gasteiger partial charge in [0.25, 0.3) is 0 Å². The van der Waals surface area contributed by atoms with Crippen molar-refractivity contribution in [1.29, 1.82) is 0 Å². The molecule has 0 aromatic rings. The lowest BCUT2D eigenvalue weighted by atomic mass is 9.98. The zero-order chi connectivity index (χ0) is 12.5. The molecule has 0 saturated carbocycles. The topological polar surface area (TPSA) is 160 Å². The Bertz CT molecular complexity index is 331. The molecule has 1 fully saturated rings.